The Hall–Kier alpha value is -1.34. The first-order chi connectivity index (χ1) is 7.68. The molecule has 0 aliphatic carbocycles. The lowest BCUT2D eigenvalue weighted by atomic mass is 9.99. The topological polar surface area (TPSA) is 12.9 Å². The maximum atomic E-state index is 6.46. The van der Waals surface area contributed by atoms with Crippen molar-refractivity contribution in [1.29, 1.82) is 0 Å². The molecule has 1 atom stereocenters. The van der Waals surface area contributed by atoms with Crippen molar-refractivity contribution in [2.24, 2.45) is 0 Å². The third-order valence-electron chi connectivity index (χ3n) is 2.70. The van der Waals surface area contributed by atoms with Gasteiger partial charge in [-0.1, -0.05) is 23.8 Å². The summed E-state index contributed by atoms with van der Waals surface area (Å²) >= 11 is 6.46. The van der Waals surface area contributed by atoms with Crippen molar-refractivity contribution in [2.45, 2.75) is 19.2 Å². The van der Waals surface area contributed by atoms with E-state index in [0.717, 1.165) is 5.56 Å². The molecule has 2 heteroatoms. The molecule has 2 aromatic rings. The van der Waals surface area contributed by atoms with E-state index in [4.69, 9.17) is 11.6 Å². The van der Waals surface area contributed by atoms with Gasteiger partial charge in [0.25, 0.3) is 0 Å². The minimum atomic E-state index is -0.0939. The lowest BCUT2D eigenvalue weighted by Crippen LogP contribution is -1.96. The molecule has 0 fully saturated rings. The minimum Gasteiger partial charge on any atom is -0.265 e. The molecule has 0 amide bonds. The highest BCUT2D eigenvalue weighted by molar-refractivity contribution is 6.22. The third-order valence-corrected chi connectivity index (χ3v) is 3.18. The van der Waals surface area contributed by atoms with Gasteiger partial charge in [0, 0.05) is 12.4 Å². The molecule has 1 heterocycles. The summed E-state index contributed by atoms with van der Waals surface area (Å²) in [7, 11) is 0. The second-order valence-electron chi connectivity index (χ2n) is 4.00. The fourth-order valence-electron chi connectivity index (χ4n) is 1.82. The first-order valence-electron chi connectivity index (χ1n) is 5.29. The number of hydrogen-bond acceptors (Lipinski definition) is 1. The number of alkyl halides is 1. The second kappa shape index (κ2) is 4.67. The summed E-state index contributed by atoms with van der Waals surface area (Å²) < 4.78 is 0. The van der Waals surface area contributed by atoms with Crippen LogP contribution in [0.4, 0.5) is 0 Å². The number of rotatable bonds is 2. The van der Waals surface area contributed by atoms with E-state index in [1.165, 1.54) is 16.7 Å². The SMILES string of the molecule is Cc1ccc(C(Cl)c2ccncc2)c(C)c1. The van der Waals surface area contributed by atoms with Gasteiger partial charge in [0.1, 0.15) is 0 Å². The van der Waals surface area contributed by atoms with Gasteiger partial charge in [0.2, 0.25) is 0 Å². The van der Waals surface area contributed by atoms with E-state index in [2.05, 4.69) is 37.0 Å². The van der Waals surface area contributed by atoms with Crippen LogP contribution in [0.3, 0.4) is 0 Å². The highest BCUT2D eigenvalue weighted by atomic mass is 35.5. The summed E-state index contributed by atoms with van der Waals surface area (Å²) in [6.07, 6.45) is 3.54. The quantitative estimate of drug-likeness (QED) is 0.712. The zero-order chi connectivity index (χ0) is 11.5. The summed E-state index contributed by atoms with van der Waals surface area (Å²) in [5, 5.41) is -0.0939. The van der Waals surface area contributed by atoms with Crippen LogP contribution in [-0.4, -0.2) is 4.98 Å². The number of benzene rings is 1. The van der Waals surface area contributed by atoms with E-state index in [0.29, 0.717) is 0 Å². The van der Waals surface area contributed by atoms with Crippen molar-refractivity contribution in [1.82, 2.24) is 4.98 Å². The minimum absolute atomic E-state index is 0.0939. The lowest BCUT2D eigenvalue weighted by molar-refractivity contribution is 1.09. The van der Waals surface area contributed by atoms with Crippen LogP contribution in [0, 0.1) is 13.8 Å². The van der Waals surface area contributed by atoms with Gasteiger partial charge in [-0.05, 0) is 42.7 Å². The highest BCUT2D eigenvalue weighted by Gasteiger charge is 2.12. The molecule has 0 aliphatic heterocycles. The Balaban J connectivity index is 2.38. The summed E-state index contributed by atoms with van der Waals surface area (Å²) in [5.41, 5.74) is 4.75. The Kier molecular flexibility index (Phi) is 3.25. The Bertz CT molecular complexity index is 479. The summed E-state index contributed by atoms with van der Waals surface area (Å²) in [6.45, 7) is 4.19. The smallest absolute Gasteiger partial charge is 0.0839 e. The molecule has 1 aromatic carbocycles. The average molecular weight is 232 g/mol. The molecule has 0 saturated heterocycles. The molecule has 0 saturated carbocycles. The van der Waals surface area contributed by atoms with Crippen molar-refractivity contribution >= 4 is 11.6 Å². The molecule has 0 aliphatic rings. The van der Waals surface area contributed by atoms with Gasteiger partial charge in [0.05, 0.1) is 5.38 Å². The van der Waals surface area contributed by atoms with Gasteiger partial charge in [-0.15, -0.1) is 11.6 Å². The highest BCUT2D eigenvalue weighted by Crippen LogP contribution is 2.30. The van der Waals surface area contributed by atoms with Gasteiger partial charge in [-0.2, -0.15) is 0 Å². The maximum Gasteiger partial charge on any atom is 0.0839 e. The van der Waals surface area contributed by atoms with E-state index in [1.54, 1.807) is 12.4 Å². The molecule has 1 aromatic heterocycles. The second-order valence-corrected chi connectivity index (χ2v) is 4.44. The van der Waals surface area contributed by atoms with Gasteiger partial charge >= 0.3 is 0 Å². The number of aryl methyl sites for hydroxylation is 2. The van der Waals surface area contributed by atoms with Crippen LogP contribution in [0.2, 0.25) is 0 Å². The van der Waals surface area contributed by atoms with Crippen LogP contribution < -0.4 is 0 Å². The van der Waals surface area contributed by atoms with Crippen molar-refractivity contribution in [3.63, 3.8) is 0 Å². The molecule has 0 radical (unpaired) electrons. The fraction of sp³-hybridized carbons (Fsp3) is 0.214. The zero-order valence-electron chi connectivity index (χ0n) is 9.44. The Morgan fingerprint density at radius 2 is 1.75 bits per heavy atom. The average Bonchev–Trinajstić information content (AvgIpc) is 2.29. The molecular formula is C14H14ClN. The van der Waals surface area contributed by atoms with E-state index in [-0.39, 0.29) is 5.38 Å². The zero-order valence-corrected chi connectivity index (χ0v) is 10.2. The standard InChI is InChI=1S/C14H14ClN/c1-10-3-4-13(11(2)9-10)14(15)12-5-7-16-8-6-12/h3-9,14H,1-2H3. The monoisotopic (exact) mass is 231 g/mol. The molecule has 0 spiro atoms. The molecule has 82 valence electrons. The Labute approximate surface area is 101 Å². The van der Waals surface area contributed by atoms with Crippen molar-refractivity contribution < 1.29 is 0 Å². The van der Waals surface area contributed by atoms with Crippen LogP contribution in [0.5, 0.6) is 0 Å². The molecule has 0 bridgehead atoms. The number of nitrogens with zero attached hydrogens (tertiary/aromatic N) is 1. The molecule has 16 heavy (non-hydrogen) atoms. The van der Waals surface area contributed by atoms with E-state index in [9.17, 15) is 0 Å². The Morgan fingerprint density at radius 3 is 2.38 bits per heavy atom. The molecule has 1 unspecified atom stereocenters. The lowest BCUT2D eigenvalue weighted by Gasteiger charge is -2.13. The Morgan fingerprint density at radius 1 is 1.06 bits per heavy atom. The van der Waals surface area contributed by atoms with E-state index >= 15 is 0 Å². The van der Waals surface area contributed by atoms with Gasteiger partial charge in [0.15, 0.2) is 0 Å². The van der Waals surface area contributed by atoms with E-state index in [1.807, 2.05) is 12.1 Å². The first-order valence-corrected chi connectivity index (χ1v) is 5.73. The van der Waals surface area contributed by atoms with E-state index < -0.39 is 0 Å². The molecule has 0 N–H and O–H groups in total. The number of hydrogen-bond donors (Lipinski definition) is 0. The number of aromatic nitrogens is 1. The van der Waals surface area contributed by atoms with Gasteiger partial charge < -0.3 is 0 Å². The maximum absolute atomic E-state index is 6.46. The van der Waals surface area contributed by atoms with Crippen LogP contribution in [-0.2, 0) is 0 Å². The number of halogens is 1. The fourth-order valence-corrected chi connectivity index (χ4v) is 2.21. The van der Waals surface area contributed by atoms with Crippen LogP contribution in [0.1, 0.15) is 27.6 Å². The van der Waals surface area contributed by atoms with Crippen molar-refractivity contribution in [3.8, 4) is 0 Å². The first kappa shape index (κ1) is 11.2. The summed E-state index contributed by atoms with van der Waals surface area (Å²) in [5.74, 6) is 0. The summed E-state index contributed by atoms with van der Waals surface area (Å²) in [4.78, 5) is 4.00. The van der Waals surface area contributed by atoms with Gasteiger partial charge in [-0.3, -0.25) is 4.98 Å². The number of pyridine rings is 1. The normalized spacial score (nSPS) is 12.4. The van der Waals surface area contributed by atoms with Gasteiger partial charge in [-0.25, -0.2) is 0 Å². The largest absolute Gasteiger partial charge is 0.265 e. The third kappa shape index (κ3) is 2.25. The van der Waals surface area contributed by atoms with Crippen LogP contribution in [0.15, 0.2) is 42.7 Å². The predicted octanol–water partition coefficient (Wildman–Crippen LogP) is 4.03. The van der Waals surface area contributed by atoms with Crippen LogP contribution >= 0.6 is 11.6 Å². The predicted molar refractivity (Wildman–Crippen MR) is 67.8 cm³/mol. The molecule has 2 rings (SSSR count). The van der Waals surface area contributed by atoms with Crippen molar-refractivity contribution in [2.75, 3.05) is 0 Å². The van der Waals surface area contributed by atoms with Crippen LogP contribution in [0.25, 0.3) is 0 Å². The van der Waals surface area contributed by atoms with Crippen molar-refractivity contribution in [3.05, 3.63) is 65.0 Å². The molecular weight excluding hydrogens is 218 g/mol. The molecule has 1 nitrogen and oxygen atoms in total. The summed E-state index contributed by atoms with van der Waals surface area (Å²) in [6, 6.07) is 10.3.